The second-order valence-corrected chi connectivity index (χ2v) is 7.18. The minimum atomic E-state index is -0.0735. The van der Waals surface area contributed by atoms with E-state index in [2.05, 4.69) is 48.1 Å². The van der Waals surface area contributed by atoms with Gasteiger partial charge in [-0.15, -0.1) is 10.2 Å². The summed E-state index contributed by atoms with van der Waals surface area (Å²) in [6.07, 6.45) is 3.71. The summed E-state index contributed by atoms with van der Waals surface area (Å²) in [4.78, 5) is 2.47. The molecule has 1 aromatic rings. The molecule has 1 fully saturated rings. The molecule has 5 heteroatoms. The van der Waals surface area contributed by atoms with E-state index in [1.165, 1.54) is 12.8 Å². The van der Waals surface area contributed by atoms with Crippen LogP contribution >= 0.6 is 0 Å². The molecule has 0 radical (unpaired) electrons. The van der Waals surface area contributed by atoms with Gasteiger partial charge in [0.15, 0.2) is 0 Å². The third kappa shape index (κ3) is 5.08. The summed E-state index contributed by atoms with van der Waals surface area (Å²) in [5, 5.41) is 11.9. The van der Waals surface area contributed by atoms with E-state index in [0.29, 0.717) is 0 Å². The molecule has 0 saturated carbocycles. The molecule has 1 aliphatic heterocycles. The zero-order valence-electron chi connectivity index (χ0n) is 14.0. The highest BCUT2D eigenvalue weighted by Gasteiger charge is 2.23. The third-order valence-electron chi connectivity index (χ3n) is 3.98. The first kappa shape index (κ1) is 16.4. The van der Waals surface area contributed by atoms with Crippen LogP contribution in [0.5, 0.6) is 0 Å². The topological polar surface area (TPSA) is 54.2 Å². The Balaban J connectivity index is 1.93. The van der Waals surface area contributed by atoms with Gasteiger partial charge in [-0.3, -0.25) is 4.90 Å². The number of nitrogens with one attached hydrogen (secondary N) is 1. The maximum Gasteiger partial charge on any atom is 0.230 e. The number of hydrogen-bond acceptors (Lipinski definition) is 5. The zero-order valence-corrected chi connectivity index (χ0v) is 14.0. The minimum Gasteiger partial charge on any atom is -0.423 e. The van der Waals surface area contributed by atoms with Gasteiger partial charge in [-0.2, -0.15) is 0 Å². The van der Waals surface area contributed by atoms with Crippen molar-refractivity contribution in [2.75, 3.05) is 26.2 Å². The normalized spacial score (nSPS) is 17.6. The van der Waals surface area contributed by atoms with Crippen LogP contribution in [0.15, 0.2) is 4.42 Å². The van der Waals surface area contributed by atoms with E-state index in [1.807, 2.05) is 0 Å². The third-order valence-corrected chi connectivity index (χ3v) is 3.98. The van der Waals surface area contributed by atoms with Crippen LogP contribution in [0.25, 0.3) is 0 Å². The van der Waals surface area contributed by atoms with E-state index in [0.717, 1.165) is 56.8 Å². The molecule has 0 atom stereocenters. The maximum atomic E-state index is 5.84. The molecular weight excluding hydrogens is 264 g/mol. The molecule has 0 unspecified atom stereocenters. The highest BCUT2D eigenvalue weighted by molar-refractivity contribution is 4.96. The Morgan fingerprint density at radius 1 is 1.24 bits per heavy atom. The Kier molecular flexibility index (Phi) is 5.76. The van der Waals surface area contributed by atoms with Crippen LogP contribution in [0.4, 0.5) is 0 Å². The fraction of sp³-hybridized carbons (Fsp3) is 0.875. The Labute approximate surface area is 128 Å². The molecule has 0 bridgehead atoms. The van der Waals surface area contributed by atoms with Gasteiger partial charge < -0.3 is 9.73 Å². The van der Waals surface area contributed by atoms with Crippen molar-refractivity contribution in [2.24, 2.45) is 5.92 Å². The lowest BCUT2D eigenvalue weighted by Gasteiger charge is -2.29. The average Bonchev–Trinajstić information content (AvgIpc) is 2.89. The van der Waals surface area contributed by atoms with E-state index in [9.17, 15) is 0 Å². The van der Waals surface area contributed by atoms with Gasteiger partial charge in [0.2, 0.25) is 11.8 Å². The lowest BCUT2D eigenvalue weighted by molar-refractivity contribution is 0.181. The van der Waals surface area contributed by atoms with Crippen LogP contribution in [0, 0.1) is 5.92 Å². The van der Waals surface area contributed by atoms with Crippen molar-refractivity contribution >= 4 is 0 Å². The molecule has 0 spiro atoms. The van der Waals surface area contributed by atoms with Gasteiger partial charge >= 0.3 is 0 Å². The zero-order chi connectivity index (χ0) is 15.3. The molecule has 0 aliphatic carbocycles. The summed E-state index contributed by atoms with van der Waals surface area (Å²) in [6, 6.07) is 0. The van der Waals surface area contributed by atoms with Crippen molar-refractivity contribution in [3.63, 3.8) is 0 Å². The van der Waals surface area contributed by atoms with Crippen molar-refractivity contribution in [1.29, 1.82) is 0 Å². The molecule has 1 N–H and O–H groups in total. The lowest BCUT2D eigenvalue weighted by Crippen LogP contribution is -2.36. The van der Waals surface area contributed by atoms with Crippen LogP contribution in [0.2, 0.25) is 0 Å². The van der Waals surface area contributed by atoms with Gasteiger partial charge in [-0.25, -0.2) is 0 Å². The summed E-state index contributed by atoms with van der Waals surface area (Å²) in [5.41, 5.74) is -0.0735. The van der Waals surface area contributed by atoms with Crippen molar-refractivity contribution in [1.82, 2.24) is 20.4 Å². The highest BCUT2D eigenvalue weighted by atomic mass is 16.4. The van der Waals surface area contributed by atoms with Gasteiger partial charge in [-0.05, 0) is 44.8 Å². The molecule has 2 heterocycles. The van der Waals surface area contributed by atoms with Gasteiger partial charge in [0.05, 0.1) is 6.54 Å². The Bertz CT molecular complexity index is 418. The SMILES string of the molecule is CCCN(Cc1nnc(C(C)(C)C)o1)CC1CCNCC1. The second-order valence-electron chi connectivity index (χ2n) is 7.18. The largest absolute Gasteiger partial charge is 0.423 e. The summed E-state index contributed by atoms with van der Waals surface area (Å²) in [6.45, 7) is 13.8. The van der Waals surface area contributed by atoms with Crippen molar-refractivity contribution in [3.05, 3.63) is 11.8 Å². The molecule has 0 amide bonds. The van der Waals surface area contributed by atoms with Crippen molar-refractivity contribution in [3.8, 4) is 0 Å². The van der Waals surface area contributed by atoms with Crippen LogP contribution in [0.1, 0.15) is 58.7 Å². The highest BCUT2D eigenvalue weighted by Crippen LogP contribution is 2.21. The number of rotatable bonds is 6. The van der Waals surface area contributed by atoms with E-state index >= 15 is 0 Å². The predicted octanol–water partition coefficient (Wildman–Crippen LogP) is 2.58. The van der Waals surface area contributed by atoms with Crippen LogP contribution in [0.3, 0.4) is 0 Å². The Morgan fingerprint density at radius 3 is 2.52 bits per heavy atom. The van der Waals surface area contributed by atoms with Crippen LogP contribution in [-0.2, 0) is 12.0 Å². The average molecular weight is 294 g/mol. The van der Waals surface area contributed by atoms with Gasteiger partial charge in [0, 0.05) is 12.0 Å². The van der Waals surface area contributed by atoms with Crippen LogP contribution < -0.4 is 5.32 Å². The maximum absolute atomic E-state index is 5.84. The molecule has 1 saturated heterocycles. The lowest BCUT2D eigenvalue weighted by atomic mass is 9.97. The number of aromatic nitrogens is 2. The summed E-state index contributed by atoms with van der Waals surface area (Å²) in [7, 11) is 0. The quantitative estimate of drug-likeness (QED) is 0.874. The molecule has 2 rings (SSSR count). The molecule has 1 aromatic heterocycles. The smallest absolute Gasteiger partial charge is 0.230 e. The van der Waals surface area contributed by atoms with Gasteiger partial charge in [0.25, 0.3) is 0 Å². The standard InChI is InChI=1S/C16H30N4O/c1-5-10-20(11-13-6-8-17-9-7-13)12-14-18-19-15(21-14)16(2,3)4/h13,17H,5-12H2,1-4H3. The van der Waals surface area contributed by atoms with E-state index < -0.39 is 0 Å². The van der Waals surface area contributed by atoms with E-state index in [-0.39, 0.29) is 5.41 Å². The van der Waals surface area contributed by atoms with Crippen LogP contribution in [-0.4, -0.2) is 41.3 Å². The first-order chi connectivity index (χ1) is 9.99. The van der Waals surface area contributed by atoms with E-state index in [4.69, 9.17) is 4.42 Å². The molecule has 21 heavy (non-hydrogen) atoms. The molecule has 120 valence electrons. The number of nitrogens with zero attached hydrogens (tertiary/aromatic N) is 3. The minimum absolute atomic E-state index is 0.0735. The summed E-state index contributed by atoms with van der Waals surface area (Å²) >= 11 is 0. The fourth-order valence-corrected chi connectivity index (χ4v) is 2.79. The van der Waals surface area contributed by atoms with Crippen molar-refractivity contribution < 1.29 is 4.42 Å². The Morgan fingerprint density at radius 2 is 1.95 bits per heavy atom. The molecule has 5 nitrogen and oxygen atoms in total. The summed E-state index contributed by atoms with van der Waals surface area (Å²) < 4.78 is 5.84. The van der Waals surface area contributed by atoms with Gasteiger partial charge in [-0.1, -0.05) is 27.7 Å². The summed E-state index contributed by atoms with van der Waals surface area (Å²) in [5.74, 6) is 2.28. The monoisotopic (exact) mass is 294 g/mol. The number of hydrogen-bond donors (Lipinski definition) is 1. The molecule has 1 aliphatic rings. The molecular formula is C16H30N4O. The molecule has 0 aromatic carbocycles. The number of piperidine rings is 1. The predicted molar refractivity (Wildman–Crippen MR) is 84.2 cm³/mol. The van der Waals surface area contributed by atoms with E-state index in [1.54, 1.807) is 0 Å². The van der Waals surface area contributed by atoms with Crippen molar-refractivity contribution in [2.45, 2.75) is 58.9 Å². The second kappa shape index (κ2) is 7.36. The fourth-order valence-electron chi connectivity index (χ4n) is 2.79. The first-order valence-corrected chi connectivity index (χ1v) is 8.25. The first-order valence-electron chi connectivity index (χ1n) is 8.25. The van der Waals surface area contributed by atoms with Gasteiger partial charge in [0.1, 0.15) is 0 Å². The Hall–Kier alpha value is -0.940.